The van der Waals surface area contributed by atoms with Crippen LogP contribution in [-0.2, 0) is 37.4 Å². The smallest absolute Gasteiger partial charge is 0.0618 e. The Bertz CT molecular complexity index is 354. The third kappa shape index (κ3) is 11.7. The molecule has 0 aliphatic carbocycles. The van der Waals surface area contributed by atoms with Crippen LogP contribution in [-0.4, -0.2) is 37.2 Å². The molecule has 1 aromatic carbocycles. The van der Waals surface area contributed by atoms with Gasteiger partial charge >= 0.3 is 0 Å². The van der Waals surface area contributed by atoms with E-state index in [1.807, 2.05) is 6.07 Å². The Hall–Kier alpha value is 0.244. The Labute approximate surface area is 178 Å². The molecule has 1 aliphatic heterocycles. The summed E-state index contributed by atoms with van der Waals surface area (Å²) >= 11 is 0. The predicted molar refractivity (Wildman–Crippen MR) is 107 cm³/mol. The average molecular weight is 414 g/mol. The van der Waals surface area contributed by atoms with Crippen molar-refractivity contribution in [2.75, 3.05) is 20.3 Å². The summed E-state index contributed by atoms with van der Waals surface area (Å²) in [7, 11) is 1.79. The van der Waals surface area contributed by atoms with Crippen LogP contribution >= 0.6 is 0 Å². The maximum absolute atomic E-state index is 5.16. The third-order valence-corrected chi connectivity index (χ3v) is 3.91. The van der Waals surface area contributed by atoms with Crippen molar-refractivity contribution < 1.29 is 37.4 Å². The van der Waals surface area contributed by atoms with Crippen molar-refractivity contribution in [2.24, 2.45) is 0 Å². The minimum Gasteiger partial charge on any atom is -0.383 e. The zero-order valence-corrected chi connectivity index (χ0v) is 17.2. The van der Waals surface area contributed by atoms with Crippen molar-refractivity contribution in [3.05, 3.63) is 35.9 Å². The fourth-order valence-corrected chi connectivity index (χ4v) is 2.75. The first-order valence-electron chi connectivity index (χ1n) is 7.85. The summed E-state index contributed by atoms with van der Waals surface area (Å²) < 4.78 is 5.16. The summed E-state index contributed by atoms with van der Waals surface area (Å²) in [6, 6.07) is 11.9. The molecule has 2 nitrogen and oxygen atoms in total. The Kier molecular flexibility index (Phi) is 24.0. The molecular weight excluding hydrogens is 371 g/mol. The van der Waals surface area contributed by atoms with E-state index in [0.717, 1.165) is 6.61 Å². The number of ether oxygens (including phenoxy) is 1. The Morgan fingerprint density at radius 3 is 1.96 bits per heavy atom. The number of rotatable bonds is 4. The van der Waals surface area contributed by atoms with Gasteiger partial charge in [-0.3, -0.25) is 4.90 Å². The van der Waals surface area contributed by atoms with Gasteiger partial charge < -0.3 is 4.74 Å². The molecule has 0 bridgehead atoms. The van der Waals surface area contributed by atoms with Gasteiger partial charge in [0, 0.05) is 51.9 Å². The van der Waals surface area contributed by atoms with Crippen LogP contribution < -0.4 is 0 Å². The van der Waals surface area contributed by atoms with Gasteiger partial charge in [0.15, 0.2) is 0 Å². The Balaban J connectivity index is -0.000000145. The number of methoxy groups -OCH3 is 1. The number of nitrogens with zero attached hydrogens (tertiary/aromatic N) is 1. The maximum Gasteiger partial charge on any atom is 0.0618 e. The number of hydrogen-bond donors (Lipinski definition) is 0. The first-order chi connectivity index (χ1) is 9.56. The van der Waals surface area contributed by atoms with Gasteiger partial charge in [-0.15, -0.1) is 0 Å². The second-order valence-electron chi connectivity index (χ2n) is 6.15. The van der Waals surface area contributed by atoms with Gasteiger partial charge in [0.2, 0.25) is 0 Å². The molecule has 1 radical (unpaired) electrons. The molecule has 1 fully saturated rings. The maximum atomic E-state index is 5.16. The van der Waals surface area contributed by atoms with E-state index in [4.69, 9.17) is 4.74 Å². The molecule has 0 amide bonds. The fraction of sp³-hybridized carbons (Fsp3) is 0.714. The molecule has 1 atom stereocenters. The van der Waals surface area contributed by atoms with E-state index < -0.39 is 0 Å². The van der Waals surface area contributed by atoms with E-state index in [9.17, 15) is 0 Å². The molecule has 1 aliphatic rings. The minimum absolute atomic E-state index is 0. The minimum atomic E-state index is 0. The number of likely N-dealkylation sites (tertiary alicyclic amines) is 1. The molecule has 141 valence electrons. The van der Waals surface area contributed by atoms with E-state index >= 15 is 0 Å². The molecule has 2 rings (SSSR count). The van der Waals surface area contributed by atoms with Gasteiger partial charge in [-0.25, -0.2) is 0 Å². The molecule has 0 saturated carbocycles. The standard InChI is InChI=1S/C9H19NO.C9H12.3CH4.Y/c1-8(2)10-6-4-5-9(10)7-11-3;1-8(2)9-6-4-3-5-7-9;;;;/h8-9H,4-7H2,1-3H3;3-8H,1-2H3;3*1H4;/t9-;;;;;/m0...../s1. The fourth-order valence-electron chi connectivity index (χ4n) is 2.75. The molecule has 0 aromatic heterocycles. The van der Waals surface area contributed by atoms with E-state index in [2.05, 4.69) is 56.9 Å². The van der Waals surface area contributed by atoms with Crippen LogP contribution in [0.25, 0.3) is 0 Å². The Morgan fingerprint density at radius 1 is 1.04 bits per heavy atom. The zero-order chi connectivity index (χ0) is 15.0. The van der Waals surface area contributed by atoms with Crippen molar-refractivity contribution in [1.82, 2.24) is 4.90 Å². The summed E-state index contributed by atoms with van der Waals surface area (Å²) in [6.45, 7) is 11.1. The van der Waals surface area contributed by atoms with Gasteiger partial charge in [0.05, 0.1) is 6.61 Å². The van der Waals surface area contributed by atoms with Crippen LogP contribution in [0.1, 0.15) is 74.3 Å². The molecule has 1 heterocycles. The molecule has 24 heavy (non-hydrogen) atoms. The number of benzene rings is 1. The summed E-state index contributed by atoms with van der Waals surface area (Å²) in [6.07, 6.45) is 2.65. The van der Waals surface area contributed by atoms with Crippen molar-refractivity contribution >= 4 is 0 Å². The third-order valence-electron chi connectivity index (χ3n) is 3.91. The van der Waals surface area contributed by atoms with E-state index in [-0.39, 0.29) is 55.0 Å². The van der Waals surface area contributed by atoms with E-state index in [0.29, 0.717) is 18.0 Å². The number of hydrogen-bond acceptors (Lipinski definition) is 2. The van der Waals surface area contributed by atoms with Crippen LogP contribution in [0.4, 0.5) is 0 Å². The SMILES string of the molecule is C.C.C.CC(C)c1ccccc1.COC[C@@H]1CCCN1C(C)C.[Y]. The molecule has 0 N–H and O–H groups in total. The van der Waals surface area contributed by atoms with Gasteiger partial charge in [0.25, 0.3) is 0 Å². The van der Waals surface area contributed by atoms with Crippen molar-refractivity contribution in [2.45, 2.75) is 80.8 Å². The van der Waals surface area contributed by atoms with Gasteiger partial charge in [-0.1, -0.05) is 66.5 Å². The molecule has 3 heteroatoms. The second-order valence-corrected chi connectivity index (χ2v) is 6.15. The van der Waals surface area contributed by atoms with E-state index in [1.165, 1.54) is 24.9 Å². The Morgan fingerprint density at radius 2 is 1.58 bits per heavy atom. The van der Waals surface area contributed by atoms with Crippen molar-refractivity contribution in [3.8, 4) is 0 Å². The summed E-state index contributed by atoms with van der Waals surface area (Å²) in [5.74, 6) is 0.659. The predicted octanol–water partition coefficient (Wildman–Crippen LogP) is 6.22. The summed E-state index contributed by atoms with van der Waals surface area (Å²) in [5.41, 5.74) is 1.41. The van der Waals surface area contributed by atoms with Gasteiger partial charge in [-0.05, 0) is 44.7 Å². The summed E-state index contributed by atoms with van der Waals surface area (Å²) in [5, 5.41) is 0. The quantitative estimate of drug-likeness (QED) is 0.580. The molecule has 1 aromatic rings. The molecular formula is C21H43NOY. The van der Waals surface area contributed by atoms with Crippen LogP contribution in [0.15, 0.2) is 30.3 Å². The van der Waals surface area contributed by atoms with Gasteiger partial charge in [-0.2, -0.15) is 0 Å². The largest absolute Gasteiger partial charge is 0.383 e. The first kappa shape index (κ1) is 32.0. The molecule has 0 unspecified atom stereocenters. The first-order valence-corrected chi connectivity index (χ1v) is 7.85. The normalized spacial score (nSPS) is 16.0. The van der Waals surface area contributed by atoms with E-state index in [1.54, 1.807) is 7.11 Å². The van der Waals surface area contributed by atoms with Crippen LogP contribution in [0.3, 0.4) is 0 Å². The zero-order valence-electron chi connectivity index (χ0n) is 14.4. The van der Waals surface area contributed by atoms with Crippen LogP contribution in [0, 0.1) is 0 Å². The topological polar surface area (TPSA) is 12.5 Å². The molecule has 0 spiro atoms. The second kappa shape index (κ2) is 18.0. The molecule has 1 saturated heterocycles. The van der Waals surface area contributed by atoms with Gasteiger partial charge in [0.1, 0.15) is 0 Å². The van der Waals surface area contributed by atoms with Crippen molar-refractivity contribution in [3.63, 3.8) is 0 Å². The van der Waals surface area contributed by atoms with Crippen molar-refractivity contribution in [1.29, 1.82) is 0 Å². The monoisotopic (exact) mass is 414 g/mol. The average Bonchev–Trinajstić information content (AvgIpc) is 2.89. The van der Waals surface area contributed by atoms with Crippen LogP contribution in [0.2, 0.25) is 0 Å². The summed E-state index contributed by atoms with van der Waals surface area (Å²) in [4.78, 5) is 2.53. The van der Waals surface area contributed by atoms with Crippen LogP contribution in [0.5, 0.6) is 0 Å².